The van der Waals surface area contributed by atoms with Crippen molar-refractivity contribution in [1.29, 1.82) is 0 Å². The number of carbonyl (C=O) groups is 1. The SMILES string of the molecule is Cc1ccc(C(=O)N2CCC3(COc4ccccc43)C2)o1. The van der Waals surface area contributed by atoms with E-state index in [-0.39, 0.29) is 11.3 Å². The quantitative estimate of drug-likeness (QED) is 0.808. The Balaban J connectivity index is 1.60. The van der Waals surface area contributed by atoms with E-state index in [1.54, 1.807) is 6.07 Å². The lowest BCUT2D eigenvalue weighted by atomic mass is 9.82. The molecule has 1 spiro atoms. The number of fused-ring (bicyclic) bond motifs is 2. The minimum absolute atomic E-state index is 0.0237. The van der Waals surface area contributed by atoms with Gasteiger partial charge in [-0.2, -0.15) is 0 Å². The van der Waals surface area contributed by atoms with E-state index in [1.807, 2.05) is 36.1 Å². The summed E-state index contributed by atoms with van der Waals surface area (Å²) >= 11 is 0. The van der Waals surface area contributed by atoms with E-state index in [2.05, 4.69) is 6.07 Å². The Labute approximate surface area is 123 Å². The smallest absolute Gasteiger partial charge is 0.289 e. The van der Waals surface area contributed by atoms with E-state index in [1.165, 1.54) is 5.56 Å². The van der Waals surface area contributed by atoms with Crippen LogP contribution in [0.4, 0.5) is 0 Å². The number of likely N-dealkylation sites (tertiary alicyclic amines) is 1. The van der Waals surface area contributed by atoms with Crippen molar-refractivity contribution in [3.63, 3.8) is 0 Å². The van der Waals surface area contributed by atoms with Crippen molar-refractivity contribution in [1.82, 2.24) is 4.90 Å². The average Bonchev–Trinajstić information content (AvgIpc) is 3.20. The van der Waals surface area contributed by atoms with Crippen molar-refractivity contribution in [3.05, 3.63) is 53.5 Å². The van der Waals surface area contributed by atoms with Crippen molar-refractivity contribution in [2.45, 2.75) is 18.8 Å². The first-order valence-corrected chi connectivity index (χ1v) is 7.26. The van der Waals surface area contributed by atoms with Crippen LogP contribution in [-0.2, 0) is 5.41 Å². The Kier molecular flexibility index (Phi) is 2.61. The molecule has 1 aromatic heterocycles. The summed E-state index contributed by atoms with van der Waals surface area (Å²) in [6, 6.07) is 11.7. The molecule has 2 aromatic rings. The first-order chi connectivity index (χ1) is 10.2. The van der Waals surface area contributed by atoms with Crippen LogP contribution in [0.3, 0.4) is 0 Å². The normalized spacial score (nSPS) is 23.4. The molecule has 0 saturated carbocycles. The van der Waals surface area contributed by atoms with Gasteiger partial charge in [0.2, 0.25) is 0 Å². The standard InChI is InChI=1S/C17H17NO3/c1-12-6-7-15(21-12)16(19)18-9-8-17(10-18)11-20-14-5-3-2-4-13(14)17/h2-7H,8-11H2,1H3. The van der Waals surface area contributed by atoms with Gasteiger partial charge in [0.05, 0.1) is 12.0 Å². The summed E-state index contributed by atoms with van der Waals surface area (Å²) in [6.45, 7) is 3.95. The van der Waals surface area contributed by atoms with Gasteiger partial charge in [0.1, 0.15) is 11.5 Å². The maximum atomic E-state index is 12.5. The molecule has 1 unspecified atom stereocenters. The molecule has 0 radical (unpaired) electrons. The van der Waals surface area contributed by atoms with Crippen LogP contribution in [0.25, 0.3) is 0 Å². The molecular weight excluding hydrogens is 266 g/mol. The third-order valence-corrected chi connectivity index (χ3v) is 4.55. The van der Waals surface area contributed by atoms with Crippen LogP contribution < -0.4 is 4.74 Å². The van der Waals surface area contributed by atoms with E-state index in [9.17, 15) is 4.79 Å². The lowest BCUT2D eigenvalue weighted by molar-refractivity contribution is 0.0748. The van der Waals surface area contributed by atoms with Crippen LogP contribution in [0.5, 0.6) is 5.75 Å². The zero-order valence-electron chi connectivity index (χ0n) is 12.0. The van der Waals surface area contributed by atoms with Crippen molar-refractivity contribution >= 4 is 5.91 Å². The van der Waals surface area contributed by atoms with Crippen LogP contribution in [0.15, 0.2) is 40.8 Å². The topological polar surface area (TPSA) is 42.7 Å². The third kappa shape index (κ3) is 1.86. The summed E-state index contributed by atoms with van der Waals surface area (Å²) in [5.41, 5.74) is 1.18. The number of carbonyl (C=O) groups excluding carboxylic acids is 1. The third-order valence-electron chi connectivity index (χ3n) is 4.55. The molecule has 1 atom stereocenters. The number of hydrogen-bond acceptors (Lipinski definition) is 3. The predicted octanol–water partition coefficient (Wildman–Crippen LogP) is 2.76. The van der Waals surface area contributed by atoms with Gasteiger partial charge < -0.3 is 14.1 Å². The second-order valence-electron chi connectivity index (χ2n) is 5.95. The number of para-hydroxylation sites is 1. The minimum atomic E-state index is -0.0477. The van der Waals surface area contributed by atoms with Crippen LogP contribution >= 0.6 is 0 Å². The van der Waals surface area contributed by atoms with E-state index in [0.29, 0.717) is 18.9 Å². The summed E-state index contributed by atoms with van der Waals surface area (Å²) in [7, 11) is 0. The molecule has 0 aliphatic carbocycles. The maximum Gasteiger partial charge on any atom is 0.289 e. The van der Waals surface area contributed by atoms with E-state index in [0.717, 1.165) is 24.5 Å². The Morgan fingerprint density at radius 3 is 2.90 bits per heavy atom. The van der Waals surface area contributed by atoms with Gasteiger partial charge in [0.15, 0.2) is 5.76 Å². The van der Waals surface area contributed by atoms with Crippen molar-refractivity contribution in [2.75, 3.05) is 19.7 Å². The van der Waals surface area contributed by atoms with Gasteiger partial charge in [-0.1, -0.05) is 18.2 Å². The molecule has 108 valence electrons. The Morgan fingerprint density at radius 1 is 1.24 bits per heavy atom. The fourth-order valence-electron chi connectivity index (χ4n) is 3.41. The highest BCUT2D eigenvalue weighted by atomic mass is 16.5. The molecule has 3 heterocycles. The molecule has 2 aliphatic rings. The molecule has 4 nitrogen and oxygen atoms in total. The van der Waals surface area contributed by atoms with Gasteiger partial charge in [-0.05, 0) is 31.5 Å². The van der Waals surface area contributed by atoms with E-state index in [4.69, 9.17) is 9.15 Å². The molecule has 1 saturated heterocycles. The summed E-state index contributed by atoms with van der Waals surface area (Å²) in [6.07, 6.45) is 0.940. The monoisotopic (exact) mass is 283 g/mol. The van der Waals surface area contributed by atoms with Gasteiger partial charge in [-0.3, -0.25) is 4.79 Å². The molecule has 4 rings (SSSR count). The molecule has 0 N–H and O–H groups in total. The van der Waals surface area contributed by atoms with Crippen LogP contribution in [-0.4, -0.2) is 30.5 Å². The molecule has 1 aromatic carbocycles. The summed E-state index contributed by atoms with van der Waals surface area (Å²) in [5, 5.41) is 0. The summed E-state index contributed by atoms with van der Waals surface area (Å²) in [5.74, 6) is 2.13. The summed E-state index contributed by atoms with van der Waals surface area (Å²) in [4.78, 5) is 14.4. The fraction of sp³-hybridized carbons (Fsp3) is 0.353. The van der Waals surface area contributed by atoms with E-state index >= 15 is 0 Å². The second kappa shape index (κ2) is 4.38. The number of furan rings is 1. The molecule has 21 heavy (non-hydrogen) atoms. The van der Waals surface area contributed by atoms with Gasteiger partial charge in [0, 0.05) is 18.7 Å². The molecule has 0 bridgehead atoms. The summed E-state index contributed by atoms with van der Waals surface area (Å²) < 4.78 is 11.3. The second-order valence-corrected chi connectivity index (χ2v) is 5.95. The maximum absolute atomic E-state index is 12.5. The Hall–Kier alpha value is -2.23. The van der Waals surface area contributed by atoms with Crippen molar-refractivity contribution in [3.8, 4) is 5.75 Å². The highest BCUT2D eigenvalue weighted by Gasteiger charge is 2.47. The number of ether oxygens (including phenoxy) is 1. The largest absolute Gasteiger partial charge is 0.492 e. The van der Waals surface area contributed by atoms with Gasteiger partial charge in [0.25, 0.3) is 5.91 Å². The first kappa shape index (κ1) is 12.5. The zero-order valence-corrected chi connectivity index (χ0v) is 12.0. The zero-order chi connectivity index (χ0) is 14.4. The molecule has 2 aliphatic heterocycles. The van der Waals surface area contributed by atoms with Crippen molar-refractivity contribution < 1.29 is 13.9 Å². The minimum Gasteiger partial charge on any atom is -0.492 e. The van der Waals surface area contributed by atoms with Crippen LogP contribution in [0.2, 0.25) is 0 Å². The number of benzene rings is 1. The molecule has 1 fully saturated rings. The number of nitrogens with zero attached hydrogens (tertiary/aromatic N) is 1. The average molecular weight is 283 g/mol. The fourth-order valence-corrected chi connectivity index (χ4v) is 3.41. The van der Waals surface area contributed by atoms with Gasteiger partial charge >= 0.3 is 0 Å². The highest BCUT2D eigenvalue weighted by Crippen LogP contribution is 2.44. The number of aryl methyl sites for hydroxylation is 1. The van der Waals surface area contributed by atoms with E-state index < -0.39 is 0 Å². The number of amides is 1. The predicted molar refractivity (Wildman–Crippen MR) is 77.6 cm³/mol. The lowest BCUT2D eigenvalue weighted by Crippen LogP contribution is -2.35. The van der Waals surface area contributed by atoms with Crippen LogP contribution in [0, 0.1) is 6.92 Å². The van der Waals surface area contributed by atoms with Crippen molar-refractivity contribution in [2.24, 2.45) is 0 Å². The Morgan fingerprint density at radius 2 is 2.10 bits per heavy atom. The van der Waals surface area contributed by atoms with Gasteiger partial charge in [-0.25, -0.2) is 0 Å². The highest BCUT2D eigenvalue weighted by molar-refractivity contribution is 5.92. The first-order valence-electron chi connectivity index (χ1n) is 7.26. The lowest BCUT2D eigenvalue weighted by Gasteiger charge is -2.22. The number of rotatable bonds is 1. The van der Waals surface area contributed by atoms with Crippen LogP contribution in [0.1, 0.15) is 28.3 Å². The molecular formula is C17H17NO3. The molecule has 1 amide bonds. The molecule has 4 heteroatoms. The Bertz CT molecular complexity index is 706. The van der Waals surface area contributed by atoms with Gasteiger partial charge in [-0.15, -0.1) is 0 Å². The number of hydrogen-bond donors (Lipinski definition) is 0.